The Kier molecular flexibility index (Phi) is 1.76. The van der Waals surface area contributed by atoms with Gasteiger partial charge in [0.15, 0.2) is 5.65 Å². The van der Waals surface area contributed by atoms with Gasteiger partial charge in [-0.3, -0.25) is 0 Å². The second-order valence-corrected chi connectivity index (χ2v) is 3.49. The van der Waals surface area contributed by atoms with E-state index in [-0.39, 0.29) is 0 Å². The zero-order chi connectivity index (χ0) is 9.42. The molecule has 68 valence electrons. The Morgan fingerprint density at radius 1 is 1.31 bits per heavy atom. The summed E-state index contributed by atoms with van der Waals surface area (Å²) in [5.74, 6) is 0.414. The maximum Gasteiger partial charge on any atom is 0.180 e. The largest absolute Gasteiger partial charge is 0.215 e. The van der Waals surface area contributed by atoms with Crippen LogP contribution in [0, 0.1) is 6.92 Å². The lowest BCUT2D eigenvalue weighted by Crippen LogP contribution is -2.03. The highest BCUT2D eigenvalue weighted by Gasteiger charge is 2.08. The van der Waals surface area contributed by atoms with Crippen LogP contribution in [0.2, 0.25) is 0 Å². The molecular formula is C9H12N4. The summed E-state index contributed by atoms with van der Waals surface area (Å²) < 4.78 is 1.85. The maximum absolute atomic E-state index is 4.25. The van der Waals surface area contributed by atoms with Crippen molar-refractivity contribution in [2.75, 3.05) is 0 Å². The third-order valence-corrected chi connectivity index (χ3v) is 2.10. The topological polar surface area (TPSA) is 43.1 Å². The van der Waals surface area contributed by atoms with Crippen LogP contribution in [0.25, 0.3) is 5.65 Å². The molecule has 0 atom stereocenters. The van der Waals surface area contributed by atoms with Crippen LogP contribution in [-0.2, 0) is 0 Å². The van der Waals surface area contributed by atoms with Gasteiger partial charge >= 0.3 is 0 Å². The molecule has 2 heterocycles. The quantitative estimate of drug-likeness (QED) is 0.662. The lowest BCUT2D eigenvalue weighted by Gasteiger charge is -2.05. The van der Waals surface area contributed by atoms with Crippen LogP contribution in [0.1, 0.15) is 31.0 Å². The number of fused-ring (bicyclic) bond motifs is 1. The lowest BCUT2D eigenvalue weighted by atomic mass is 10.1. The third-order valence-electron chi connectivity index (χ3n) is 2.10. The van der Waals surface area contributed by atoms with Crippen LogP contribution < -0.4 is 0 Å². The summed E-state index contributed by atoms with van der Waals surface area (Å²) in [6.45, 7) is 6.22. The molecule has 0 aliphatic rings. The fraction of sp³-hybridized carbons (Fsp3) is 0.444. The van der Waals surface area contributed by atoms with E-state index in [0.717, 1.165) is 16.9 Å². The summed E-state index contributed by atoms with van der Waals surface area (Å²) in [5.41, 5.74) is 3.01. The molecule has 0 bridgehead atoms. The molecule has 0 amide bonds. The summed E-state index contributed by atoms with van der Waals surface area (Å²) in [6, 6.07) is 0. The molecule has 0 N–H and O–H groups in total. The summed E-state index contributed by atoms with van der Waals surface area (Å²) >= 11 is 0. The molecule has 13 heavy (non-hydrogen) atoms. The van der Waals surface area contributed by atoms with Crippen LogP contribution in [-0.4, -0.2) is 19.8 Å². The molecular weight excluding hydrogens is 164 g/mol. The van der Waals surface area contributed by atoms with Crippen molar-refractivity contribution in [1.82, 2.24) is 19.8 Å². The monoisotopic (exact) mass is 176 g/mol. The van der Waals surface area contributed by atoms with Gasteiger partial charge in [0.2, 0.25) is 0 Å². The number of aryl methyl sites for hydroxylation is 1. The van der Waals surface area contributed by atoms with Crippen LogP contribution in [0.4, 0.5) is 0 Å². The highest BCUT2D eigenvalue weighted by Crippen LogP contribution is 2.14. The van der Waals surface area contributed by atoms with Crippen molar-refractivity contribution in [2.45, 2.75) is 26.7 Å². The van der Waals surface area contributed by atoms with E-state index in [1.54, 1.807) is 6.20 Å². The molecule has 0 saturated carbocycles. The Bertz CT molecular complexity index is 430. The number of hydrogen-bond donors (Lipinski definition) is 0. The first-order valence-electron chi connectivity index (χ1n) is 4.36. The second kappa shape index (κ2) is 2.80. The Labute approximate surface area is 76.6 Å². The van der Waals surface area contributed by atoms with E-state index in [1.165, 1.54) is 0 Å². The van der Waals surface area contributed by atoms with Crippen molar-refractivity contribution in [3.05, 3.63) is 23.7 Å². The Balaban J connectivity index is 2.77. The van der Waals surface area contributed by atoms with Gasteiger partial charge < -0.3 is 0 Å². The summed E-state index contributed by atoms with van der Waals surface area (Å²) in [5, 5.41) is 12.2. The number of nitrogens with zero attached hydrogens (tertiary/aromatic N) is 4. The Morgan fingerprint density at radius 2 is 2.08 bits per heavy atom. The molecule has 0 saturated heterocycles. The minimum Gasteiger partial charge on any atom is -0.215 e. The van der Waals surface area contributed by atoms with E-state index in [9.17, 15) is 0 Å². The van der Waals surface area contributed by atoms with E-state index >= 15 is 0 Å². The predicted molar refractivity (Wildman–Crippen MR) is 49.6 cm³/mol. The highest BCUT2D eigenvalue weighted by atomic mass is 15.3. The molecule has 0 aliphatic carbocycles. The maximum atomic E-state index is 4.25. The fourth-order valence-corrected chi connectivity index (χ4v) is 1.33. The van der Waals surface area contributed by atoms with Crippen molar-refractivity contribution in [3.8, 4) is 0 Å². The van der Waals surface area contributed by atoms with Crippen LogP contribution >= 0.6 is 0 Å². The van der Waals surface area contributed by atoms with Gasteiger partial charge in [-0.05, 0) is 12.8 Å². The number of aromatic nitrogens is 4. The van der Waals surface area contributed by atoms with Gasteiger partial charge in [0.1, 0.15) is 0 Å². The highest BCUT2D eigenvalue weighted by molar-refractivity contribution is 5.44. The average molecular weight is 176 g/mol. The standard InChI is InChI=1S/C9H12N4/c1-6(2)8-5-10-12-9-7(3)4-11-13(8)9/h4-6H,1-3H3. The van der Waals surface area contributed by atoms with Crippen molar-refractivity contribution >= 4 is 5.65 Å². The van der Waals surface area contributed by atoms with Crippen molar-refractivity contribution in [3.63, 3.8) is 0 Å². The first kappa shape index (κ1) is 8.16. The van der Waals surface area contributed by atoms with Gasteiger partial charge in [0.25, 0.3) is 0 Å². The molecule has 0 aliphatic heterocycles. The van der Waals surface area contributed by atoms with Gasteiger partial charge in [-0.25, -0.2) is 4.52 Å². The molecule has 0 radical (unpaired) electrons. The van der Waals surface area contributed by atoms with Crippen molar-refractivity contribution in [1.29, 1.82) is 0 Å². The number of hydrogen-bond acceptors (Lipinski definition) is 3. The second-order valence-electron chi connectivity index (χ2n) is 3.49. The van der Waals surface area contributed by atoms with E-state index in [2.05, 4.69) is 29.1 Å². The summed E-state index contributed by atoms with van der Waals surface area (Å²) in [4.78, 5) is 0. The average Bonchev–Trinajstić information content (AvgIpc) is 2.48. The molecule has 2 aromatic heterocycles. The van der Waals surface area contributed by atoms with Gasteiger partial charge in [-0.15, -0.1) is 5.10 Å². The molecule has 0 unspecified atom stereocenters. The van der Waals surface area contributed by atoms with E-state index in [1.807, 2.05) is 17.6 Å². The SMILES string of the molecule is Cc1cnn2c(C(C)C)cnnc12. The first-order chi connectivity index (χ1) is 6.20. The molecule has 0 fully saturated rings. The van der Waals surface area contributed by atoms with Crippen LogP contribution in [0.5, 0.6) is 0 Å². The third kappa shape index (κ3) is 1.18. The van der Waals surface area contributed by atoms with E-state index in [0.29, 0.717) is 5.92 Å². The Hall–Kier alpha value is -1.45. The van der Waals surface area contributed by atoms with Gasteiger partial charge in [-0.2, -0.15) is 10.2 Å². The van der Waals surface area contributed by atoms with Gasteiger partial charge in [0.05, 0.1) is 18.1 Å². The minimum atomic E-state index is 0.414. The van der Waals surface area contributed by atoms with E-state index in [4.69, 9.17) is 0 Å². The van der Waals surface area contributed by atoms with Gasteiger partial charge in [-0.1, -0.05) is 13.8 Å². The van der Waals surface area contributed by atoms with Crippen LogP contribution in [0.15, 0.2) is 12.4 Å². The lowest BCUT2D eigenvalue weighted by molar-refractivity contribution is 0.728. The van der Waals surface area contributed by atoms with Gasteiger partial charge in [0, 0.05) is 5.56 Å². The fourth-order valence-electron chi connectivity index (χ4n) is 1.33. The molecule has 4 nitrogen and oxygen atoms in total. The Morgan fingerprint density at radius 3 is 2.77 bits per heavy atom. The molecule has 4 heteroatoms. The zero-order valence-corrected chi connectivity index (χ0v) is 8.02. The minimum absolute atomic E-state index is 0.414. The van der Waals surface area contributed by atoms with Crippen molar-refractivity contribution in [2.24, 2.45) is 0 Å². The molecule has 0 spiro atoms. The molecule has 2 rings (SSSR count). The molecule has 0 aromatic carbocycles. The van der Waals surface area contributed by atoms with E-state index < -0.39 is 0 Å². The molecule has 2 aromatic rings. The summed E-state index contributed by atoms with van der Waals surface area (Å²) in [6.07, 6.45) is 3.58. The zero-order valence-electron chi connectivity index (χ0n) is 8.02. The normalized spacial score (nSPS) is 11.4. The summed E-state index contributed by atoms with van der Waals surface area (Å²) in [7, 11) is 0. The predicted octanol–water partition coefficient (Wildman–Crippen LogP) is 1.56. The van der Waals surface area contributed by atoms with Crippen molar-refractivity contribution < 1.29 is 0 Å². The smallest absolute Gasteiger partial charge is 0.180 e. The first-order valence-corrected chi connectivity index (χ1v) is 4.36. The van der Waals surface area contributed by atoms with Crippen LogP contribution in [0.3, 0.4) is 0 Å². The number of rotatable bonds is 1.